The summed E-state index contributed by atoms with van der Waals surface area (Å²) in [6, 6.07) is 12.9. The summed E-state index contributed by atoms with van der Waals surface area (Å²) >= 11 is 14.0. The number of thioether (sulfide) groups is 1. The second-order valence-electron chi connectivity index (χ2n) is 6.62. The highest BCUT2D eigenvalue weighted by Gasteiger charge is 2.20. The van der Waals surface area contributed by atoms with Crippen LogP contribution < -0.4 is 5.32 Å². The molecule has 7 heteroatoms. The van der Waals surface area contributed by atoms with Gasteiger partial charge in [0.05, 0.1) is 0 Å². The standard InChI is InChI=1S/C21H22Cl2N2O2S/c22-18-3-1-4-19(23)17(18)14-28-12-10-24-21(27)16-8-6-15(7-9-16)13-25-11-2-5-20(25)26/h1,3-4,6-9H,2,5,10-14H2,(H,24,27). The number of rotatable bonds is 8. The summed E-state index contributed by atoms with van der Waals surface area (Å²) in [4.78, 5) is 25.8. The first kappa shape index (κ1) is 21.0. The Labute approximate surface area is 179 Å². The molecule has 1 aliphatic heterocycles. The number of likely N-dealkylation sites (tertiary alicyclic amines) is 1. The van der Waals surface area contributed by atoms with Crippen LogP contribution in [0.15, 0.2) is 42.5 Å². The van der Waals surface area contributed by atoms with E-state index in [2.05, 4.69) is 5.32 Å². The Morgan fingerprint density at radius 3 is 2.46 bits per heavy atom. The number of carbonyl (C=O) groups is 2. The minimum atomic E-state index is -0.0971. The molecule has 0 saturated carbocycles. The van der Waals surface area contributed by atoms with Gasteiger partial charge >= 0.3 is 0 Å². The smallest absolute Gasteiger partial charge is 0.251 e. The van der Waals surface area contributed by atoms with Gasteiger partial charge in [0.1, 0.15) is 0 Å². The molecule has 0 bridgehead atoms. The topological polar surface area (TPSA) is 49.4 Å². The first-order chi connectivity index (χ1) is 13.5. The summed E-state index contributed by atoms with van der Waals surface area (Å²) in [5, 5.41) is 4.26. The van der Waals surface area contributed by atoms with Crippen LogP contribution in [0.3, 0.4) is 0 Å². The van der Waals surface area contributed by atoms with E-state index in [0.717, 1.165) is 29.8 Å². The number of hydrogen-bond donors (Lipinski definition) is 1. The SMILES string of the molecule is O=C(NCCSCc1c(Cl)cccc1Cl)c1ccc(CN2CCCC2=O)cc1. The molecule has 0 aromatic heterocycles. The van der Waals surface area contributed by atoms with Gasteiger partial charge in [0.15, 0.2) is 0 Å². The van der Waals surface area contributed by atoms with Crippen molar-refractivity contribution >= 4 is 46.8 Å². The Bertz CT molecular complexity index is 823. The van der Waals surface area contributed by atoms with Crippen molar-refractivity contribution in [1.29, 1.82) is 0 Å². The minimum absolute atomic E-state index is 0.0971. The van der Waals surface area contributed by atoms with E-state index in [1.54, 1.807) is 11.8 Å². The highest BCUT2D eigenvalue weighted by molar-refractivity contribution is 7.98. The average molecular weight is 437 g/mol. The van der Waals surface area contributed by atoms with Gasteiger partial charge in [0.2, 0.25) is 5.91 Å². The molecule has 0 spiro atoms. The van der Waals surface area contributed by atoms with Gasteiger partial charge in [0, 0.05) is 53.2 Å². The van der Waals surface area contributed by atoms with Crippen LogP contribution in [-0.2, 0) is 17.1 Å². The second-order valence-corrected chi connectivity index (χ2v) is 8.54. The summed E-state index contributed by atoms with van der Waals surface area (Å²) in [5.74, 6) is 1.58. The van der Waals surface area contributed by atoms with Crippen LogP contribution in [0.25, 0.3) is 0 Å². The number of carbonyl (C=O) groups excluding carboxylic acids is 2. The third-order valence-corrected chi connectivity index (χ3v) is 6.29. The van der Waals surface area contributed by atoms with E-state index in [-0.39, 0.29) is 11.8 Å². The van der Waals surface area contributed by atoms with E-state index in [4.69, 9.17) is 23.2 Å². The molecule has 2 aromatic rings. The van der Waals surface area contributed by atoms with Crippen molar-refractivity contribution in [3.63, 3.8) is 0 Å². The zero-order valence-corrected chi connectivity index (χ0v) is 17.7. The number of hydrogen-bond acceptors (Lipinski definition) is 3. The zero-order valence-electron chi connectivity index (χ0n) is 15.4. The maximum absolute atomic E-state index is 12.3. The van der Waals surface area contributed by atoms with Crippen molar-refractivity contribution in [1.82, 2.24) is 10.2 Å². The van der Waals surface area contributed by atoms with E-state index in [0.29, 0.717) is 40.9 Å². The van der Waals surface area contributed by atoms with Gasteiger partial charge in [-0.15, -0.1) is 0 Å². The van der Waals surface area contributed by atoms with E-state index >= 15 is 0 Å². The van der Waals surface area contributed by atoms with Crippen molar-refractivity contribution in [3.8, 4) is 0 Å². The number of benzene rings is 2. The highest BCUT2D eigenvalue weighted by atomic mass is 35.5. The maximum atomic E-state index is 12.3. The summed E-state index contributed by atoms with van der Waals surface area (Å²) in [6.45, 7) is 2.00. The molecule has 28 heavy (non-hydrogen) atoms. The fraction of sp³-hybridized carbons (Fsp3) is 0.333. The number of nitrogens with zero attached hydrogens (tertiary/aromatic N) is 1. The molecule has 0 atom stereocenters. The predicted molar refractivity (Wildman–Crippen MR) is 116 cm³/mol. The largest absolute Gasteiger partial charge is 0.351 e. The van der Waals surface area contributed by atoms with Crippen molar-refractivity contribution in [3.05, 3.63) is 69.2 Å². The first-order valence-corrected chi connectivity index (χ1v) is 11.1. The zero-order chi connectivity index (χ0) is 19.9. The van der Waals surface area contributed by atoms with Crippen LogP contribution in [0.1, 0.15) is 34.3 Å². The molecule has 1 heterocycles. The number of halogens is 2. The lowest BCUT2D eigenvalue weighted by Crippen LogP contribution is -2.26. The molecule has 1 N–H and O–H groups in total. The van der Waals surface area contributed by atoms with Gasteiger partial charge in [-0.25, -0.2) is 0 Å². The van der Waals surface area contributed by atoms with Gasteiger partial charge in [-0.3, -0.25) is 9.59 Å². The lowest BCUT2D eigenvalue weighted by atomic mass is 10.1. The first-order valence-electron chi connectivity index (χ1n) is 9.20. The maximum Gasteiger partial charge on any atom is 0.251 e. The predicted octanol–water partition coefficient (Wildman–Crippen LogP) is 4.78. The van der Waals surface area contributed by atoms with E-state index in [9.17, 15) is 9.59 Å². The summed E-state index contributed by atoms with van der Waals surface area (Å²) in [6.07, 6.45) is 1.57. The van der Waals surface area contributed by atoms with Crippen LogP contribution in [0.5, 0.6) is 0 Å². The van der Waals surface area contributed by atoms with Gasteiger partial charge < -0.3 is 10.2 Å². The van der Waals surface area contributed by atoms with Crippen LogP contribution in [-0.4, -0.2) is 35.6 Å². The summed E-state index contributed by atoms with van der Waals surface area (Å²) in [7, 11) is 0. The number of amides is 2. The molecule has 3 rings (SSSR count). The van der Waals surface area contributed by atoms with Gasteiger partial charge in [0.25, 0.3) is 5.91 Å². The number of nitrogens with one attached hydrogen (secondary N) is 1. The third kappa shape index (κ3) is 5.66. The summed E-state index contributed by atoms with van der Waals surface area (Å²) < 4.78 is 0. The Kier molecular flexibility index (Phi) is 7.65. The van der Waals surface area contributed by atoms with Crippen LogP contribution in [0, 0.1) is 0 Å². The van der Waals surface area contributed by atoms with Crippen molar-refractivity contribution < 1.29 is 9.59 Å². The Morgan fingerprint density at radius 1 is 1.11 bits per heavy atom. The molecule has 1 fully saturated rings. The second kappa shape index (κ2) is 10.2. The quantitative estimate of drug-likeness (QED) is 0.605. The Hall–Kier alpha value is -1.69. The molecule has 0 unspecified atom stereocenters. The molecule has 2 aromatic carbocycles. The molecule has 2 amide bonds. The van der Waals surface area contributed by atoms with Gasteiger partial charge in [-0.05, 0) is 41.8 Å². The summed E-state index contributed by atoms with van der Waals surface area (Å²) in [5.41, 5.74) is 2.59. The molecule has 0 aliphatic carbocycles. The Balaban J connectivity index is 1.40. The molecule has 0 radical (unpaired) electrons. The highest BCUT2D eigenvalue weighted by Crippen LogP contribution is 2.28. The van der Waals surface area contributed by atoms with Crippen LogP contribution in [0.2, 0.25) is 10.0 Å². The van der Waals surface area contributed by atoms with E-state index in [1.807, 2.05) is 47.4 Å². The third-order valence-electron chi connectivity index (χ3n) is 4.60. The normalized spacial score (nSPS) is 13.8. The molecular formula is C21H22Cl2N2O2S. The van der Waals surface area contributed by atoms with Crippen molar-refractivity contribution in [2.45, 2.75) is 25.1 Å². The van der Waals surface area contributed by atoms with Crippen LogP contribution >= 0.6 is 35.0 Å². The Morgan fingerprint density at radius 2 is 1.82 bits per heavy atom. The fourth-order valence-electron chi connectivity index (χ4n) is 3.04. The molecular weight excluding hydrogens is 415 g/mol. The lowest BCUT2D eigenvalue weighted by molar-refractivity contribution is -0.128. The average Bonchev–Trinajstić information content (AvgIpc) is 3.08. The van der Waals surface area contributed by atoms with Crippen LogP contribution in [0.4, 0.5) is 0 Å². The molecule has 1 aliphatic rings. The molecule has 1 saturated heterocycles. The van der Waals surface area contributed by atoms with E-state index in [1.165, 1.54) is 0 Å². The van der Waals surface area contributed by atoms with Crippen molar-refractivity contribution in [2.75, 3.05) is 18.8 Å². The monoisotopic (exact) mass is 436 g/mol. The van der Waals surface area contributed by atoms with Gasteiger partial charge in [-0.1, -0.05) is 41.4 Å². The minimum Gasteiger partial charge on any atom is -0.351 e. The van der Waals surface area contributed by atoms with E-state index < -0.39 is 0 Å². The molecule has 4 nitrogen and oxygen atoms in total. The lowest BCUT2D eigenvalue weighted by Gasteiger charge is -2.15. The molecule has 148 valence electrons. The van der Waals surface area contributed by atoms with Crippen molar-refractivity contribution in [2.24, 2.45) is 0 Å². The van der Waals surface area contributed by atoms with Gasteiger partial charge in [-0.2, -0.15) is 11.8 Å². The fourth-order valence-corrected chi connectivity index (χ4v) is 4.63.